The number of hydrogen-bond donors (Lipinski definition) is 1. The van der Waals surface area contributed by atoms with Crippen LogP contribution in [0.5, 0.6) is 0 Å². The fourth-order valence-corrected chi connectivity index (χ4v) is 2.60. The average molecular weight is 297 g/mol. The average Bonchev–Trinajstić information content (AvgIpc) is 2.74. The monoisotopic (exact) mass is 296 g/mol. The van der Waals surface area contributed by atoms with E-state index in [0.29, 0.717) is 17.3 Å². The Morgan fingerprint density at radius 1 is 1.53 bits per heavy atom. The third-order valence-electron chi connectivity index (χ3n) is 2.67. The van der Waals surface area contributed by atoms with Gasteiger partial charge in [0.25, 0.3) is 0 Å². The van der Waals surface area contributed by atoms with Crippen molar-refractivity contribution in [3.63, 3.8) is 0 Å². The number of carboxylic acids is 1. The number of aryl methyl sites for hydroxylation is 1. The number of benzene rings is 1. The molecular weight excluding hydrogens is 284 g/mol. The Kier molecular flexibility index (Phi) is 4.07. The summed E-state index contributed by atoms with van der Waals surface area (Å²) in [5.74, 6) is -0.987. The molecule has 0 unspecified atom stereocenters. The zero-order valence-corrected chi connectivity index (χ0v) is 12.1. The standard InChI is InChI=1S/C13H13ClN2O2S/c1-8-15-10(7-19-8)6-16(2)12-4-3-9(14)5-11(12)13(17)18/h3-5,7H,6H2,1-2H3,(H,17,18). The minimum atomic E-state index is -0.987. The lowest BCUT2D eigenvalue weighted by Crippen LogP contribution is -2.19. The number of carbonyl (C=O) groups is 1. The zero-order chi connectivity index (χ0) is 14.0. The van der Waals surface area contributed by atoms with Crippen LogP contribution in [0.1, 0.15) is 21.1 Å². The molecule has 1 aromatic carbocycles. The second kappa shape index (κ2) is 5.59. The van der Waals surface area contributed by atoms with Crippen molar-refractivity contribution in [2.24, 2.45) is 0 Å². The van der Waals surface area contributed by atoms with Gasteiger partial charge in [0.1, 0.15) is 0 Å². The van der Waals surface area contributed by atoms with Gasteiger partial charge >= 0.3 is 5.97 Å². The molecule has 19 heavy (non-hydrogen) atoms. The molecule has 0 saturated carbocycles. The second-order valence-electron chi connectivity index (χ2n) is 4.18. The van der Waals surface area contributed by atoms with E-state index in [1.54, 1.807) is 23.5 Å². The van der Waals surface area contributed by atoms with E-state index < -0.39 is 5.97 Å². The maximum atomic E-state index is 11.2. The largest absolute Gasteiger partial charge is 0.478 e. The molecule has 2 rings (SSSR count). The normalized spacial score (nSPS) is 10.5. The van der Waals surface area contributed by atoms with E-state index in [9.17, 15) is 9.90 Å². The van der Waals surface area contributed by atoms with Crippen LogP contribution >= 0.6 is 22.9 Å². The van der Waals surface area contributed by atoms with Gasteiger partial charge in [-0.1, -0.05) is 11.6 Å². The van der Waals surface area contributed by atoms with Gasteiger partial charge in [-0.3, -0.25) is 0 Å². The Hall–Kier alpha value is -1.59. The Labute approximate surface area is 120 Å². The molecule has 1 aromatic heterocycles. The van der Waals surface area contributed by atoms with Crippen molar-refractivity contribution in [3.05, 3.63) is 44.9 Å². The maximum Gasteiger partial charge on any atom is 0.337 e. The van der Waals surface area contributed by atoms with Crippen LogP contribution in [0.4, 0.5) is 5.69 Å². The van der Waals surface area contributed by atoms with E-state index in [-0.39, 0.29) is 5.56 Å². The first-order valence-electron chi connectivity index (χ1n) is 5.62. The fraction of sp³-hybridized carbons (Fsp3) is 0.231. The highest BCUT2D eigenvalue weighted by atomic mass is 35.5. The molecule has 6 heteroatoms. The SMILES string of the molecule is Cc1nc(CN(C)c2ccc(Cl)cc2C(=O)O)cs1. The Bertz CT molecular complexity index is 612. The first-order valence-corrected chi connectivity index (χ1v) is 6.88. The molecule has 2 aromatic rings. The predicted octanol–water partition coefficient (Wildman–Crippen LogP) is 3.44. The summed E-state index contributed by atoms with van der Waals surface area (Å²) >= 11 is 7.42. The number of rotatable bonds is 4. The Balaban J connectivity index is 2.28. The smallest absolute Gasteiger partial charge is 0.337 e. The van der Waals surface area contributed by atoms with E-state index in [1.807, 2.05) is 24.3 Å². The van der Waals surface area contributed by atoms with Gasteiger partial charge in [0, 0.05) is 17.5 Å². The van der Waals surface area contributed by atoms with Gasteiger partial charge in [-0.25, -0.2) is 9.78 Å². The van der Waals surface area contributed by atoms with Crippen molar-refractivity contribution in [1.82, 2.24) is 4.98 Å². The number of carboxylic acid groups (broad SMARTS) is 1. The minimum Gasteiger partial charge on any atom is -0.478 e. The first kappa shape index (κ1) is 13.8. The molecule has 0 fully saturated rings. The molecule has 0 aliphatic heterocycles. The van der Waals surface area contributed by atoms with Crippen molar-refractivity contribution in [2.75, 3.05) is 11.9 Å². The third-order valence-corrected chi connectivity index (χ3v) is 3.72. The highest BCUT2D eigenvalue weighted by Crippen LogP contribution is 2.25. The number of nitrogens with zero attached hydrogens (tertiary/aromatic N) is 2. The molecule has 4 nitrogen and oxygen atoms in total. The van der Waals surface area contributed by atoms with E-state index in [0.717, 1.165) is 10.7 Å². The molecule has 0 spiro atoms. The summed E-state index contributed by atoms with van der Waals surface area (Å²) in [5, 5.41) is 12.6. The lowest BCUT2D eigenvalue weighted by atomic mass is 10.1. The summed E-state index contributed by atoms with van der Waals surface area (Å²) in [5.41, 5.74) is 1.75. The second-order valence-corrected chi connectivity index (χ2v) is 5.68. The molecule has 0 saturated heterocycles. The zero-order valence-electron chi connectivity index (χ0n) is 10.6. The Morgan fingerprint density at radius 2 is 2.26 bits per heavy atom. The van der Waals surface area contributed by atoms with Gasteiger partial charge in [-0.15, -0.1) is 11.3 Å². The summed E-state index contributed by atoms with van der Waals surface area (Å²) in [6.07, 6.45) is 0. The first-order chi connectivity index (χ1) is 8.97. The van der Waals surface area contributed by atoms with Gasteiger partial charge in [0.05, 0.1) is 28.5 Å². The molecule has 1 N–H and O–H groups in total. The van der Waals surface area contributed by atoms with Gasteiger partial charge in [0.15, 0.2) is 0 Å². The van der Waals surface area contributed by atoms with Crippen LogP contribution in [0, 0.1) is 6.92 Å². The molecule has 0 amide bonds. The molecule has 0 aliphatic rings. The van der Waals surface area contributed by atoms with E-state index in [4.69, 9.17) is 11.6 Å². The molecule has 0 atom stereocenters. The van der Waals surface area contributed by atoms with Crippen molar-refractivity contribution in [3.8, 4) is 0 Å². The quantitative estimate of drug-likeness (QED) is 0.939. The van der Waals surface area contributed by atoms with Crippen LogP contribution in [-0.2, 0) is 6.54 Å². The van der Waals surface area contributed by atoms with Crippen molar-refractivity contribution >= 4 is 34.6 Å². The van der Waals surface area contributed by atoms with Gasteiger partial charge in [-0.2, -0.15) is 0 Å². The van der Waals surface area contributed by atoms with Crippen LogP contribution in [0.15, 0.2) is 23.6 Å². The lowest BCUT2D eigenvalue weighted by Gasteiger charge is -2.20. The topological polar surface area (TPSA) is 53.4 Å². The van der Waals surface area contributed by atoms with E-state index in [1.165, 1.54) is 6.07 Å². The summed E-state index contributed by atoms with van der Waals surface area (Å²) < 4.78 is 0. The van der Waals surface area contributed by atoms with Crippen LogP contribution in [-0.4, -0.2) is 23.1 Å². The highest BCUT2D eigenvalue weighted by molar-refractivity contribution is 7.09. The maximum absolute atomic E-state index is 11.2. The van der Waals surface area contributed by atoms with Crippen molar-refractivity contribution < 1.29 is 9.90 Å². The van der Waals surface area contributed by atoms with Gasteiger partial charge in [-0.05, 0) is 25.1 Å². The molecule has 0 bridgehead atoms. The number of halogens is 1. The van der Waals surface area contributed by atoms with Gasteiger partial charge < -0.3 is 10.0 Å². The number of aromatic carboxylic acids is 1. The number of anilines is 1. The molecule has 0 aliphatic carbocycles. The van der Waals surface area contributed by atoms with E-state index in [2.05, 4.69) is 4.98 Å². The Morgan fingerprint density at radius 3 is 2.84 bits per heavy atom. The summed E-state index contributed by atoms with van der Waals surface area (Å²) in [7, 11) is 1.84. The minimum absolute atomic E-state index is 0.196. The lowest BCUT2D eigenvalue weighted by molar-refractivity contribution is 0.0697. The predicted molar refractivity (Wildman–Crippen MR) is 77.4 cm³/mol. The molecule has 0 radical (unpaired) electrons. The van der Waals surface area contributed by atoms with Crippen molar-refractivity contribution in [2.45, 2.75) is 13.5 Å². The molecule has 1 heterocycles. The fourth-order valence-electron chi connectivity index (χ4n) is 1.82. The summed E-state index contributed by atoms with van der Waals surface area (Å²) in [6, 6.07) is 4.86. The number of thiazole rings is 1. The van der Waals surface area contributed by atoms with Crippen LogP contribution < -0.4 is 4.90 Å². The highest BCUT2D eigenvalue weighted by Gasteiger charge is 2.15. The van der Waals surface area contributed by atoms with E-state index >= 15 is 0 Å². The number of aromatic nitrogens is 1. The third kappa shape index (κ3) is 3.24. The van der Waals surface area contributed by atoms with Gasteiger partial charge in [0.2, 0.25) is 0 Å². The molecule has 100 valence electrons. The number of hydrogen-bond acceptors (Lipinski definition) is 4. The molecular formula is C13H13ClN2O2S. The van der Waals surface area contributed by atoms with Crippen molar-refractivity contribution in [1.29, 1.82) is 0 Å². The van der Waals surface area contributed by atoms with Crippen LogP contribution in [0.2, 0.25) is 5.02 Å². The van der Waals surface area contributed by atoms with Crippen LogP contribution in [0.3, 0.4) is 0 Å². The van der Waals surface area contributed by atoms with Crippen LogP contribution in [0.25, 0.3) is 0 Å². The summed E-state index contributed by atoms with van der Waals surface area (Å²) in [4.78, 5) is 17.5. The summed E-state index contributed by atoms with van der Waals surface area (Å²) in [6.45, 7) is 2.51.